The molecule has 0 aliphatic carbocycles. The number of carbonyl (C=O) groups excluding carboxylic acids is 1. The molecule has 0 radical (unpaired) electrons. The maximum absolute atomic E-state index is 11.2. The number of nitrogens with one attached hydrogen (secondary N) is 1. The lowest BCUT2D eigenvalue weighted by Gasteiger charge is -2.30. The molecule has 1 atom stereocenters. The molecule has 0 saturated carbocycles. The van der Waals surface area contributed by atoms with Crippen LogP contribution in [0.5, 0.6) is 0 Å². The van der Waals surface area contributed by atoms with E-state index in [-0.39, 0.29) is 5.91 Å². The number of rotatable bonds is 12. The Kier molecular flexibility index (Phi) is 10.6. The van der Waals surface area contributed by atoms with Gasteiger partial charge in [0.15, 0.2) is 0 Å². The van der Waals surface area contributed by atoms with Crippen LogP contribution in [0, 0.1) is 5.41 Å². The highest BCUT2D eigenvalue weighted by Crippen LogP contribution is 2.34. The molecule has 0 bridgehead atoms. The summed E-state index contributed by atoms with van der Waals surface area (Å²) in [7, 11) is 0. The van der Waals surface area contributed by atoms with Crippen molar-refractivity contribution in [3.8, 4) is 0 Å². The van der Waals surface area contributed by atoms with Gasteiger partial charge < -0.3 is 5.32 Å². The average Bonchev–Trinajstić information content (AvgIpc) is 2.41. The van der Waals surface area contributed by atoms with E-state index in [1.54, 1.807) is 0 Å². The quantitative estimate of drug-likeness (QED) is 0.397. The predicted octanol–water partition coefficient (Wildman–Crippen LogP) is 4.85. The molecule has 0 rings (SSSR count). The summed E-state index contributed by atoms with van der Waals surface area (Å²) in [6.45, 7) is 11.1. The third-order valence-electron chi connectivity index (χ3n) is 3.98. The van der Waals surface area contributed by atoms with Crippen LogP contribution in [0.1, 0.15) is 78.6 Å². The molecule has 0 aliphatic rings. The molecule has 0 aromatic heterocycles. The molecule has 0 fully saturated rings. The third kappa shape index (κ3) is 9.75. The first-order chi connectivity index (χ1) is 9.08. The normalized spacial score (nSPS) is 13.8. The average molecular weight is 267 g/mol. The van der Waals surface area contributed by atoms with Crippen molar-refractivity contribution in [1.29, 1.82) is 0 Å². The van der Waals surface area contributed by atoms with Crippen LogP contribution in [-0.4, -0.2) is 12.5 Å². The van der Waals surface area contributed by atoms with Crippen LogP contribution in [-0.2, 0) is 4.79 Å². The largest absolute Gasteiger partial charge is 0.353 e. The molecule has 2 nitrogen and oxygen atoms in total. The van der Waals surface area contributed by atoms with Gasteiger partial charge in [0.2, 0.25) is 5.91 Å². The van der Waals surface area contributed by atoms with E-state index in [0.717, 1.165) is 13.0 Å². The van der Waals surface area contributed by atoms with Gasteiger partial charge in [0.1, 0.15) is 0 Å². The Morgan fingerprint density at radius 1 is 1.05 bits per heavy atom. The minimum atomic E-state index is -0.0520. The Bertz CT molecular complexity index is 250. The van der Waals surface area contributed by atoms with Crippen molar-refractivity contribution in [1.82, 2.24) is 5.32 Å². The third-order valence-corrected chi connectivity index (χ3v) is 3.98. The van der Waals surface area contributed by atoms with E-state index in [2.05, 4.69) is 32.7 Å². The van der Waals surface area contributed by atoms with E-state index in [4.69, 9.17) is 0 Å². The Balaban J connectivity index is 4.08. The van der Waals surface area contributed by atoms with Crippen LogP contribution >= 0.6 is 0 Å². The van der Waals surface area contributed by atoms with Gasteiger partial charge in [-0.15, -0.1) is 0 Å². The Labute approximate surface area is 120 Å². The minimum Gasteiger partial charge on any atom is -0.353 e. The molecular weight excluding hydrogens is 234 g/mol. The predicted molar refractivity (Wildman–Crippen MR) is 84.2 cm³/mol. The van der Waals surface area contributed by atoms with Gasteiger partial charge in [-0.25, -0.2) is 0 Å². The summed E-state index contributed by atoms with van der Waals surface area (Å²) in [6, 6.07) is 0. The lowest BCUT2D eigenvalue weighted by molar-refractivity contribution is -0.116. The highest BCUT2D eigenvalue weighted by molar-refractivity contribution is 5.86. The topological polar surface area (TPSA) is 29.1 Å². The number of unbranched alkanes of at least 4 members (excludes halogenated alkanes) is 4. The molecule has 1 amide bonds. The smallest absolute Gasteiger partial charge is 0.243 e. The van der Waals surface area contributed by atoms with Gasteiger partial charge in [-0.1, -0.05) is 65.9 Å². The first-order valence-electron chi connectivity index (χ1n) is 7.98. The molecule has 0 spiro atoms. The molecule has 0 heterocycles. The van der Waals surface area contributed by atoms with Crippen molar-refractivity contribution >= 4 is 5.91 Å². The Morgan fingerprint density at radius 3 is 2.26 bits per heavy atom. The first kappa shape index (κ1) is 18.2. The molecular formula is C17H33NO. The van der Waals surface area contributed by atoms with E-state index in [1.165, 1.54) is 57.4 Å². The van der Waals surface area contributed by atoms with Crippen LogP contribution in [0.3, 0.4) is 0 Å². The van der Waals surface area contributed by atoms with Crippen LogP contribution in [0.4, 0.5) is 0 Å². The van der Waals surface area contributed by atoms with Gasteiger partial charge in [-0.3, -0.25) is 4.79 Å². The minimum absolute atomic E-state index is 0.0520. The lowest BCUT2D eigenvalue weighted by Crippen LogP contribution is -2.28. The molecule has 1 unspecified atom stereocenters. The van der Waals surface area contributed by atoms with Gasteiger partial charge in [0.05, 0.1) is 0 Å². The molecule has 0 aliphatic heterocycles. The Morgan fingerprint density at radius 2 is 1.68 bits per heavy atom. The van der Waals surface area contributed by atoms with E-state index >= 15 is 0 Å². The summed E-state index contributed by atoms with van der Waals surface area (Å²) in [4.78, 5) is 11.2. The number of carbonyl (C=O) groups is 1. The van der Waals surface area contributed by atoms with E-state index < -0.39 is 0 Å². The second-order valence-electron chi connectivity index (χ2n) is 5.97. The first-order valence-corrected chi connectivity index (χ1v) is 7.98. The van der Waals surface area contributed by atoms with Crippen LogP contribution in [0.2, 0.25) is 0 Å². The zero-order chi connectivity index (χ0) is 14.6. The molecule has 0 aromatic rings. The van der Waals surface area contributed by atoms with Gasteiger partial charge in [0, 0.05) is 6.54 Å². The summed E-state index contributed by atoms with van der Waals surface area (Å²) in [5.41, 5.74) is 0.387. The highest BCUT2D eigenvalue weighted by Gasteiger charge is 2.22. The summed E-state index contributed by atoms with van der Waals surface area (Å²) in [6.07, 6.45) is 12.8. The number of hydrogen-bond acceptors (Lipinski definition) is 1. The fourth-order valence-corrected chi connectivity index (χ4v) is 2.52. The van der Waals surface area contributed by atoms with Crippen LogP contribution < -0.4 is 5.32 Å². The maximum atomic E-state index is 11.2. The zero-order valence-electron chi connectivity index (χ0n) is 13.3. The number of amides is 1. The lowest BCUT2D eigenvalue weighted by atomic mass is 9.77. The van der Waals surface area contributed by atoms with Crippen LogP contribution in [0.25, 0.3) is 0 Å². The van der Waals surface area contributed by atoms with Gasteiger partial charge in [0.25, 0.3) is 0 Å². The van der Waals surface area contributed by atoms with Gasteiger partial charge in [-0.2, -0.15) is 0 Å². The molecule has 1 N–H and O–H groups in total. The number of hydrogen-bond donors (Lipinski definition) is 1. The van der Waals surface area contributed by atoms with Crippen molar-refractivity contribution in [2.24, 2.45) is 5.41 Å². The molecule has 2 heteroatoms. The maximum Gasteiger partial charge on any atom is 0.243 e. The summed E-state index contributed by atoms with van der Waals surface area (Å²) in [5, 5.41) is 2.91. The van der Waals surface area contributed by atoms with Crippen LogP contribution in [0.15, 0.2) is 12.7 Å². The standard InChI is InChI=1S/C17H33NO/c1-5-8-10-11-13-17(4,12-9-6-2)14-15-18-16(19)7-3/h7H,3,5-6,8-15H2,1-2,4H3,(H,18,19). The van der Waals surface area contributed by atoms with Crippen molar-refractivity contribution in [2.45, 2.75) is 78.6 Å². The Hall–Kier alpha value is -0.790. The zero-order valence-corrected chi connectivity index (χ0v) is 13.3. The second-order valence-corrected chi connectivity index (χ2v) is 5.97. The fourth-order valence-electron chi connectivity index (χ4n) is 2.52. The van der Waals surface area contributed by atoms with E-state index in [0.29, 0.717) is 5.41 Å². The summed E-state index contributed by atoms with van der Waals surface area (Å²) in [5.74, 6) is -0.0520. The molecule has 0 aromatic carbocycles. The molecule has 19 heavy (non-hydrogen) atoms. The summed E-state index contributed by atoms with van der Waals surface area (Å²) < 4.78 is 0. The van der Waals surface area contributed by atoms with Crippen molar-refractivity contribution in [2.75, 3.05) is 6.54 Å². The van der Waals surface area contributed by atoms with Gasteiger partial charge in [-0.05, 0) is 30.8 Å². The highest BCUT2D eigenvalue weighted by atomic mass is 16.1. The van der Waals surface area contributed by atoms with Crippen molar-refractivity contribution in [3.05, 3.63) is 12.7 Å². The second kappa shape index (κ2) is 11.1. The van der Waals surface area contributed by atoms with E-state index in [9.17, 15) is 4.79 Å². The van der Waals surface area contributed by atoms with Crippen molar-refractivity contribution in [3.63, 3.8) is 0 Å². The summed E-state index contributed by atoms with van der Waals surface area (Å²) >= 11 is 0. The SMILES string of the molecule is C=CC(=O)NCCC(C)(CCCC)CCCCCC. The molecule has 112 valence electrons. The van der Waals surface area contributed by atoms with E-state index in [1.807, 2.05) is 0 Å². The monoisotopic (exact) mass is 267 g/mol. The van der Waals surface area contributed by atoms with Gasteiger partial charge >= 0.3 is 0 Å². The fraction of sp³-hybridized carbons (Fsp3) is 0.824. The van der Waals surface area contributed by atoms with Crippen molar-refractivity contribution < 1.29 is 4.79 Å². The molecule has 0 saturated heterocycles.